The van der Waals surface area contributed by atoms with Crippen LogP contribution in [0.2, 0.25) is 0 Å². The van der Waals surface area contributed by atoms with E-state index in [0.29, 0.717) is 0 Å². The molecule has 2 heteroatoms. The molecule has 2 rings (SSSR count). The number of nitrogens with one attached hydrogen (secondary N) is 1. The molecule has 1 aromatic rings. The zero-order valence-corrected chi connectivity index (χ0v) is 9.45. The quantitative estimate of drug-likeness (QED) is 0.819. The van der Waals surface area contributed by atoms with Gasteiger partial charge < -0.3 is 5.32 Å². The molecule has 2 nitrogen and oxygen atoms in total. The zero-order chi connectivity index (χ0) is 10.5. The van der Waals surface area contributed by atoms with Crippen LogP contribution in [0.25, 0.3) is 0 Å². The first-order valence-electron chi connectivity index (χ1n) is 5.97. The van der Waals surface area contributed by atoms with Crippen molar-refractivity contribution in [1.29, 1.82) is 0 Å². The largest absolute Gasteiger partial charge is 0.310 e. The molecule has 0 amide bonds. The normalized spacial score (nSPS) is 26.5. The molecule has 15 heavy (non-hydrogen) atoms. The van der Waals surface area contributed by atoms with Gasteiger partial charge in [-0.3, -0.25) is 4.98 Å². The molecule has 0 unspecified atom stereocenters. The van der Waals surface area contributed by atoms with Crippen LogP contribution in [-0.4, -0.2) is 11.0 Å². The van der Waals surface area contributed by atoms with E-state index in [9.17, 15) is 0 Å². The first kappa shape index (κ1) is 10.6. The number of aromatic nitrogens is 1. The van der Waals surface area contributed by atoms with Gasteiger partial charge >= 0.3 is 0 Å². The van der Waals surface area contributed by atoms with Crippen molar-refractivity contribution in [2.45, 2.75) is 45.2 Å². The van der Waals surface area contributed by atoms with Crippen molar-refractivity contribution in [2.75, 3.05) is 0 Å². The van der Waals surface area contributed by atoms with Gasteiger partial charge in [0.05, 0.1) is 0 Å². The average Bonchev–Trinajstić information content (AvgIpc) is 2.30. The molecule has 0 aliphatic heterocycles. The highest BCUT2D eigenvalue weighted by Gasteiger charge is 2.17. The summed E-state index contributed by atoms with van der Waals surface area (Å²) in [5.74, 6) is 0.932. The van der Waals surface area contributed by atoms with E-state index in [2.05, 4.69) is 23.3 Å². The lowest BCUT2D eigenvalue weighted by Gasteiger charge is -2.27. The van der Waals surface area contributed by atoms with Gasteiger partial charge in [0.25, 0.3) is 0 Å². The molecule has 0 bridgehead atoms. The fourth-order valence-electron chi connectivity index (χ4n) is 2.23. The minimum Gasteiger partial charge on any atom is -0.310 e. The Morgan fingerprint density at radius 3 is 2.80 bits per heavy atom. The molecule has 1 aliphatic carbocycles. The lowest BCUT2D eigenvalue weighted by atomic mass is 9.87. The van der Waals surface area contributed by atoms with Crippen molar-refractivity contribution in [1.82, 2.24) is 10.3 Å². The Morgan fingerprint density at radius 2 is 2.13 bits per heavy atom. The van der Waals surface area contributed by atoms with Crippen LogP contribution in [0.5, 0.6) is 0 Å². The standard InChI is InChI=1S/C13H20N2/c1-11-4-6-13(7-5-11)15-10-12-3-2-8-14-9-12/h2-3,8-9,11,13,15H,4-7,10H2,1H3. The molecule has 1 heterocycles. The van der Waals surface area contributed by atoms with E-state index in [1.807, 2.05) is 18.5 Å². The van der Waals surface area contributed by atoms with E-state index in [1.165, 1.54) is 31.2 Å². The highest BCUT2D eigenvalue weighted by atomic mass is 14.9. The number of hydrogen-bond donors (Lipinski definition) is 1. The van der Waals surface area contributed by atoms with Gasteiger partial charge in [-0.15, -0.1) is 0 Å². The van der Waals surface area contributed by atoms with Crippen LogP contribution in [0, 0.1) is 5.92 Å². The lowest BCUT2D eigenvalue weighted by Crippen LogP contribution is -2.32. The van der Waals surface area contributed by atoms with E-state index in [4.69, 9.17) is 0 Å². The fraction of sp³-hybridized carbons (Fsp3) is 0.615. The number of hydrogen-bond acceptors (Lipinski definition) is 2. The van der Waals surface area contributed by atoms with Crippen molar-refractivity contribution in [2.24, 2.45) is 5.92 Å². The van der Waals surface area contributed by atoms with Crippen molar-refractivity contribution in [3.8, 4) is 0 Å². The third kappa shape index (κ3) is 3.31. The van der Waals surface area contributed by atoms with Gasteiger partial charge in [0.15, 0.2) is 0 Å². The predicted octanol–water partition coefficient (Wildman–Crippen LogP) is 2.75. The molecule has 1 aromatic heterocycles. The van der Waals surface area contributed by atoms with Crippen molar-refractivity contribution >= 4 is 0 Å². The monoisotopic (exact) mass is 204 g/mol. The molecular formula is C13H20N2. The fourth-order valence-corrected chi connectivity index (χ4v) is 2.23. The highest BCUT2D eigenvalue weighted by Crippen LogP contribution is 2.23. The van der Waals surface area contributed by atoms with Crippen LogP contribution in [0.3, 0.4) is 0 Å². The molecule has 0 aromatic carbocycles. The molecule has 1 fully saturated rings. The second kappa shape index (κ2) is 5.26. The van der Waals surface area contributed by atoms with Gasteiger partial charge in [0, 0.05) is 25.0 Å². The summed E-state index contributed by atoms with van der Waals surface area (Å²) in [5.41, 5.74) is 1.29. The van der Waals surface area contributed by atoms with Crippen LogP contribution in [0.4, 0.5) is 0 Å². The smallest absolute Gasteiger partial charge is 0.0312 e. The Morgan fingerprint density at radius 1 is 1.33 bits per heavy atom. The lowest BCUT2D eigenvalue weighted by molar-refractivity contribution is 0.306. The van der Waals surface area contributed by atoms with Crippen LogP contribution in [-0.2, 0) is 6.54 Å². The van der Waals surface area contributed by atoms with Crippen molar-refractivity contribution in [3.05, 3.63) is 30.1 Å². The Bertz CT molecular complexity index is 276. The summed E-state index contributed by atoms with van der Waals surface area (Å²) in [6.07, 6.45) is 9.20. The summed E-state index contributed by atoms with van der Waals surface area (Å²) in [5, 5.41) is 3.62. The summed E-state index contributed by atoms with van der Waals surface area (Å²) in [7, 11) is 0. The Kier molecular flexibility index (Phi) is 3.73. The highest BCUT2D eigenvalue weighted by molar-refractivity contribution is 5.08. The maximum Gasteiger partial charge on any atom is 0.0312 e. The van der Waals surface area contributed by atoms with Gasteiger partial charge in [-0.1, -0.05) is 13.0 Å². The second-order valence-electron chi connectivity index (χ2n) is 4.70. The maximum atomic E-state index is 4.12. The van der Waals surface area contributed by atoms with Crippen molar-refractivity contribution < 1.29 is 0 Å². The Hall–Kier alpha value is -0.890. The molecule has 1 N–H and O–H groups in total. The maximum absolute atomic E-state index is 4.12. The van der Waals surface area contributed by atoms with Crippen LogP contribution in [0.15, 0.2) is 24.5 Å². The molecule has 0 spiro atoms. The Balaban J connectivity index is 1.74. The summed E-state index contributed by atoms with van der Waals surface area (Å²) >= 11 is 0. The van der Waals surface area contributed by atoms with Gasteiger partial charge in [-0.05, 0) is 43.2 Å². The van der Waals surface area contributed by atoms with Gasteiger partial charge in [-0.25, -0.2) is 0 Å². The molecule has 82 valence electrons. The van der Waals surface area contributed by atoms with Crippen LogP contribution < -0.4 is 5.32 Å². The van der Waals surface area contributed by atoms with E-state index in [0.717, 1.165) is 18.5 Å². The molecule has 1 saturated carbocycles. The van der Waals surface area contributed by atoms with E-state index in [1.54, 1.807) is 0 Å². The molecular weight excluding hydrogens is 184 g/mol. The van der Waals surface area contributed by atoms with Crippen LogP contribution in [0.1, 0.15) is 38.2 Å². The topological polar surface area (TPSA) is 24.9 Å². The summed E-state index contributed by atoms with van der Waals surface area (Å²) in [6, 6.07) is 4.85. The third-order valence-corrected chi connectivity index (χ3v) is 3.33. The van der Waals surface area contributed by atoms with E-state index >= 15 is 0 Å². The van der Waals surface area contributed by atoms with Gasteiger partial charge in [0.1, 0.15) is 0 Å². The van der Waals surface area contributed by atoms with Crippen LogP contribution >= 0.6 is 0 Å². The summed E-state index contributed by atoms with van der Waals surface area (Å²) in [6.45, 7) is 3.32. The number of pyridine rings is 1. The number of nitrogens with zero attached hydrogens (tertiary/aromatic N) is 1. The SMILES string of the molecule is CC1CCC(NCc2cccnc2)CC1. The minimum atomic E-state index is 0.724. The molecule has 0 radical (unpaired) electrons. The Labute approximate surface area is 92.1 Å². The summed E-state index contributed by atoms with van der Waals surface area (Å²) in [4.78, 5) is 4.12. The molecule has 0 atom stereocenters. The molecule has 1 aliphatic rings. The third-order valence-electron chi connectivity index (χ3n) is 3.33. The first-order chi connectivity index (χ1) is 7.34. The van der Waals surface area contributed by atoms with Gasteiger partial charge in [0.2, 0.25) is 0 Å². The predicted molar refractivity (Wildman–Crippen MR) is 62.5 cm³/mol. The summed E-state index contributed by atoms with van der Waals surface area (Å²) < 4.78 is 0. The zero-order valence-electron chi connectivity index (χ0n) is 9.45. The van der Waals surface area contributed by atoms with E-state index in [-0.39, 0.29) is 0 Å². The second-order valence-corrected chi connectivity index (χ2v) is 4.70. The first-order valence-corrected chi connectivity index (χ1v) is 5.97. The van der Waals surface area contributed by atoms with E-state index < -0.39 is 0 Å². The average molecular weight is 204 g/mol. The van der Waals surface area contributed by atoms with Gasteiger partial charge in [-0.2, -0.15) is 0 Å². The number of rotatable bonds is 3. The minimum absolute atomic E-state index is 0.724. The molecule has 0 saturated heterocycles. The van der Waals surface area contributed by atoms with Crippen molar-refractivity contribution in [3.63, 3.8) is 0 Å².